The van der Waals surface area contributed by atoms with Crippen molar-refractivity contribution in [1.29, 1.82) is 0 Å². The average molecular weight is 394 g/mol. The van der Waals surface area contributed by atoms with Crippen molar-refractivity contribution in [1.82, 2.24) is 4.90 Å². The Balaban J connectivity index is 0.00000338. The van der Waals surface area contributed by atoms with Gasteiger partial charge in [-0.1, -0.05) is 18.6 Å². The number of hydrogen-bond donors (Lipinski definition) is 2. The fourth-order valence-corrected chi connectivity index (χ4v) is 3.08. The first-order valence-electron chi connectivity index (χ1n) is 8.24. The molecule has 2 rings (SSSR count). The van der Waals surface area contributed by atoms with Crippen LogP contribution in [0.3, 0.4) is 0 Å². The van der Waals surface area contributed by atoms with Gasteiger partial charge >= 0.3 is 6.18 Å². The van der Waals surface area contributed by atoms with E-state index in [0.29, 0.717) is 6.42 Å². The number of alkyl halides is 3. The van der Waals surface area contributed by atoms with Gasteiger partial charge in [-0.05, 0) is 31.9 Å². The first-order valence-corrected chi connectivity index (χ1v) is 8.24. The number of nitrogens with two attached hydrogens (primary N) is 1. The van der Waals surface area contributed by atoms with E-state index in [-0.39, 0.29) is 49.1 Å². The number of nitrogens with zero attached hydrogens (tertiary/aromatic N) is 1. The van der Waals surface area contributed by atoms with Crippen LogP contribution in [-0.4, -0.2) is 35.8 Å². The standard InChI is InChI=1S/C17H22F3N3O2.ClH/c1-2-23(16(25)11-6-5-8-13(11)21)10-15(24)22-14-9-4-3-7-12(14)17(18,19)20;/h3-4,7,9,11,13H,2,5-6,8,10,21H2,1H3,(H,22,24);1H. The highest BCUT2D eigenvalue weighted by Crippen LogP contribution is 2.34. The average Bonchev–Trinajstić information content (AvgIpc) is 2.97. The quantitative estimate of drug-likeness (QED) is 0.807. The number of amides is 2. The lowest BCUT2D eigenvalue weighted by Crippen LogP contribution is -2.44. The summed E-state index contributed by atoms with van der Waals surface area (Å²) in [5, 5.41) is 2.25. The summed E-state index contributed by atoms with van der Waals surface area (Å²) in [4.78, 5) is 26.0. The van der Waals surface area contributed by atoms with E-state index in [2.05, 4.69) is 5.32 Å². The second-order valence-corrected chi connectivity index (χ2v) is 6.15. The summed E-state index contributed by atoms with van der Waals surface area (Å²) in [5.74, 6) is -1.21. The van der Waals surface area contributed by atoms with Crippen LogP contribution in [0.25, 0.3) is 0 Å². The van der Waals surface area contributed by atoms with Gasteiger partial charge in [0, 0.05) is 12.6 Å². The first-order chi connectivity index (χ1) is 11.7. The number of para-hydroxylation sites is 1. The van der Waals surface area contributed by atoms with Crippen LogP contribution in [0.15, 0.2) is 24.3 Å². The SMILES string of the molecule is CCN(CC(=O)Nc1ccccc1C(F)(F)F)C(=O)C1CCCC1N.Cl. The lowest BCUT2D eigenvalue weighted by molar-refractivity contribution is -0.139. The van der Waals surface area contributed by atoms with E-state index in [1.807, 2.05) is 0 Å². The predicted molar refractivity (Wildman–Crippen MR) is 94.9 cm³/mol. The maximum absolute atomic E-state index is 13.0. The fourth-order valence-electron chi connectivity index (χ4n) is 3.08. The van der Waals surface area contributed by atoms with E-state index in [1.165, 1.54) is 23.1 Å². The number of carbonyl (C=O) groups excluding carboxylic acids is 2. The molecule has 0 aliphatic heterocycles. The minimum atomic E-state index is -4.57. The van der Waals surface area contributed by atoms with Gasteiger partial charge in [0.1, 0.15) is 0 Å². The largest absolute Gasteiger partial charge is 0.418 e. The molecule has 26 heavy (non-hydrogen) atoms. The van der Waals surface area contributed by atoms with Crippen LogP contribution in [0.4, 0.5) is 18.9 Å². The van der Waals surface area contributed by atoms with Crippen molar-refractivity contribution >= 4 is 29.9 Å². The summed E-state index contributed by atoms with van der Waals surface area (Å²) < 4.78 is 38.9. The van der Waals surface area contributed by atoms with E-state index < -0.39 is 17.6 Å². The zero-order valence-electron chi connectivity index (χ0n) is 14.4. The molecule has 1 aliphatic rings. The molecule has 1 fully saturated rings. The van der Waals surface area contributed by atoms with E-state index >= 15 is 0 Å². The van der Waals surface area contributed by atoms with E-state index in [9.17, 15) is 22.8 Å². The molecule has 0 radical (unpaired) electrons. The van der Waals surface area contributed by atoms with Gasteiger partial charge in [0.25, 0.3) is 0 Å². The Bertz CT molecular complexity index is 640. The molecule has 3 N–H and O–H groups in total. The topological polar surface area (TPSA) is 75.4 Å². The summed E-state index contributed by atoms with van der Waals surface area (Å²) in [5.41, 5.74) is 4.68. The number of anilines is 1. The lowest BCUT2D eigenvalue weighted by atomic mass is 10.0. The number of likely N-dealkylation sites (N-methyl/N-ethyl adjacent to an activating group) is 1. The Labute approximate surface area is 156 Å². The Morgan fingerprint density at radius 1 is 1.27 bits per heavy atom. The van der Waals surface area contributed by atoms with Crippen LogP contribution in [0.2, 0.25) is 0 Å². The Morgan fingerprint density at radius 3 is 2.46 bits per heavy atom. The van der Waals surface area contributed by atoms with Crippen molar-refractivity contribution in [3.63, 3.8) is 0 Å². The number of nitrogens with one attached hydrogen (secondary N) is 1. The van der Waals surface area contributed by atoms with E-state index in [1.54, 1.807) is 6.92 Å². The molecule has 0 heterocycles. The predicted octanol–water partition coefficient (Wildman–Crippen LogP) is 3.04. The lowest BCUT2D eigenvalue weighted by Gasteiger charge is -2.25. The first kappa shape index (κ1) is 22.2. The fraction of sp³-hybridized carbons (Fsp3) is 0.529. The number of hydrogen-bond acceptors (Lipinski definition) is 3. The number of halogens is 4. The molecule has 0 spiro atoms. The van der Waals surface area contributed by atoms with Gasteiger partial charge in [0.2, 0.25) is 11.8 Å². The second-order valence-electron chi connectivity index (χ2n) is 6.15. The third-order valence-electron chi connectivity index (χ3n) is 4.42. The minimum Gasteiger partial charge on any atom is -0.333 e. The number of benzene rings is 1. The van der Waals surface area contributed by atoms with Gasteiger partial charge in [-0.25, -0.2) is 0 Å². The number of carbonyl (C=O) groups is 2. The monoisotopic (exact) mass is 393 g/mol. The molecule has 2 unspecified atom stereocenters. The van der Waals surface area contributed by atoms with E-state index in [0.717, 1.165) is 18.9 Å². The van der Waals surface area contributed by atoms with Gasteiger partial charge in [0.05, 0.1) is 23.7 Å². The molecular weight excluding hydrogens is 371 g/mol. The summed E-state index contributed by atoms with van der Waals surface area (Å²) in [6.45, 7) is 1.70. The second kappa shape index (κ2) is 9.23. The summed E-state index contributed by atoms with van der Waals surface area (Å²) in [6.07, 6.45) is -2.27. The third-order valence-corrected chi connectivity index (χ3v) is 4.42. The Morgan fingerprint density at radius 2 is 1.92 bits per heavy atom. The van der Waals surface area contributed by atoms with Crippen molar-refractivity contribution in [3.05, 3.63) is 29.8 Å². The molecule has 2 amide bonds. The third kappa shape index (κ3) is 5.35. The summed E-state index contributed by atoms with van der Waals surface area (Å²) >= 11 is 0. The minimum absolute atomic E-state index is 0. The van der Waals surface area contributed by atoms with Gasteiger partial charge < -0.3 is 16.0 Å². The van der Waals surface area contributed by atoms with Crippen LogP contribution in [0.5, 0.6) is 0 Å². The van der Waals surface area contributed by atoms with Gasteiger partial charge in [-0.2, -0.15) is 13.2 Å². The molecule has 0 aromatic heterocycles. The van der Waals surface area contributed by atoms with Crippen molar-refractivity contribution in [2.24, 2.45) is 11.7 Å². The van der Waals surface area contributed by atoms with Crippen molar-refractivity contribution < 1.29 is 22.8 Å². The zero-order chi connectivity index (χ0) is 18.6. The maximum atomic E-state index is 13.0. The maximum Gasteiger partial charge on any atom is 0.418 e. The molecule has 0 saturated heterocycles. The molecule has 9 heteroatoms. The van der Waals surface area contributed by atoms with E-state index in [4.69, 9.17) is 5.73 Å². The normalized spacial score (nSPS) is 19.6. The summed E-state index contributed by atoms with van der Waals surface area (Å²) in [7, 11) is 0. The van der Waals surface area contributed by atoms with Gasteiger partial charge in [0.15, 0.2) is 0 Å². The summed E-state index contributed by atoms with van der Waals surface area (Å²) in [6, 6.07) is 4.52. The molecular formula is C17H23ClF3N3O2. The highest BCUT2D eigenvalue weighted by atomic mass is 35.5. The molecule has 5 nitrogen and oxygen atoms in total. The van der Waals surface area contributed by atoms with Crippen molar-refractivity contribution in [3.8, 4) is 0 Å². The van der Waals surface area contributed by atoms with Gasteiger partial charge in [-0.3, -0.25) is 9.59 Å². The molecule has 2 atom stereocenters. The highest BCUT2D eigenvalue weighted by molar-refractivity contribution is 5.95. The molecule has 1 aliphatic carbocycles. The van der Waals surface area contributed by atoms with Crippen LogP contribution >= 0.6 is 12.4 Å². The molecule has 1 aromatic carbocycles. The van der Waals surface area contributed by atoms with Gasteiger partial charge in [-0.15, -0.1) is 12.4 Å². The Kier molecular flexibility index (Phi) is 7.89. The van der Waals surface area contributed by atoms with Crippen molar-refractivity contribution in [2.45, 2.75) is 38.4 Å². The van der Waals surface area contributed by atoms with Crippen LogP contribution in [0, 0.1) is 5.92 Å². The molecule has 1 saturated carbocycles. The smallest absolute Gasteiger partial charge is 0.333 e. The van der Waals surface area contributed by atoms with Crippen LogP contribution in [0.1, 0.15) is 31.7 Å². The van der Waals surface area contributed by atoms with Crippen LogP contribution in [-0.2, 0) is 15.8 Å². The Hall–Kier alpha value is -1.80. The molecule has 146 valence electrons. The molecule has 0 bridgehead atoms. The van der Waals surface area contributed by atoms with Crippen molar-refractivity contribution in [2.75, 3.05) is 18.4 Å². The molecule has 1 aromatic rings. The number of rotatable bonds is 5. The van der Waals surface area contributed by atoms with Crippen LogP contribution < -0.4 is 11.1 Å². The highest BCUT2D eigenvalue weighted by Gasteiger charge is 2.35. The zero-order valence-corrected chi connectivity index (χ0v) is 15.2.